The minimum Gasteiger partial charge on any atom is -0.473 e. The summed E-state index contributed by atoms with van der Waals surface area (Å²) >= 11 is 7.62. The quantitative estimate of drug-likeness (QED) is 0.346. The summed E-state index contributed by atoms with van der Waals surface area (Å²) in [5, 5.41) is 19.0. The first kappa shape index (κ1) is 22.7. The number of rotatable bonds is 9. The van der Waals surface area contributed by atoms with E-state index in [1.165, 1.54) is 4.90 Å². The summed E-state index contributed by atoms with van der Waals surface area (Å²) in [6, 6.07) is 8.49. The predicted molar refractivity (Wildman–Crippen MR) is 96.0 cm³/mol. The Morgan fingerprint density at radius 3 is 2.29 bits per heavy atom. The minimum absolute atomic E-state index is 0.581. The summed E-state index contributed by atoms with van der Waals surface area (Å²) < 4.78 is 5.56. The molecule has 0 amide bonds. The summed E-state index contributed by atoms with van der Waals surface area (Å²) in [6.07, 6.45) is 1.16. The van der Waals surface area contributed by atoms with Crippen molar-refractivity contribution in [1.82, 2.24) is 5.32 Å². The molecule has 1 unspecified atom stereocenters. The van der Waals surface area contributed by atoms with E-state index in [2.05, 4.69) is 19.2 Å². The molecule has 0 bridgehead atoms. The van der Waals surface area contributed by atoms with Gasteiger partial charge in [-0.15, -0.1) is 11.8 Å². The van der Waals surface area contributed by atoms with Crippen molar-refractivity contribution in [2.75, 3.05) is 25.5 Å². The number of carboxylic acids is 2. The topological polar surface area (TPSA) is 95.9 Å². The van der Waals surface area contributed by atoms with Gasteiger partial charge in [0.2, 0.25) is 0 Å². The molecule has 0 saturated carbocycles. The largest absolute Gasteiger partial charge is 0.473 e. The van der Waals surface area contributed by atoms with Crippen LogP contribution in [0.15, 0.2) is 29.2 Å². The van der Waals surface area contributed by atoms with Gasteiger partial charge in [-0.05, 0) is 37.6 Å². The van der Waals surface area contributed by atoms with Crippen molar-refractivity contribution in [3.8, 4) is 0 Å². The van der Waals surface area contributed by atoms with Crippen molar-refractivity contribution in [3.05, 3.63) is 29.3 Å². The van der Waals surface area contributed by atoms with E-state index in [1.54, 1.807) is 11.8 Å². The number of benzene rings is 1. The molecule has 8 heteroatoms. The van der Waals surface area contributed by atoms with E-state index < -0.39 is 11.9 Å². The fourth-order valence-corrected chi connectivity index (χ4v) is 2.26. The highest BCUT2D eigenvalue weighted by molar-refractivity contribution is 7.99. The maximum Gasteiger partial charge on any atom is 0.414 e. The first-order valence-corrected chi connectivity index (χ1v) is 8.88. The normalized spacial score (nSPS) is 11.3. The van der Waals surface area contributed by atoms with Crippen molar-refractivity contribution in [3.63, 3.8) is 0 Å². The summed E-state index contributed by atoms with van der Waals surface area (Å²) in [4.78, 5) is 19.4. The van der Waals surface area contributed by atoms with Gasteiger partial charge in [-0.1, -0.05) is 18.5 Å². The van der Waals surface area contributed by atoms with Gasteiger partial charge in [-0.3, -0.25) is 0 Å². The van der Waals surface area contributed by atoms with Crippen LogP contribution >= 0.6 is 23.4 Å². The lowest BCUT2D eigenvalue weighted by atomic mass is 10.3. The molecule has 0 aliphatic heterocycles. The molecule has 1 atom stereocenters. The highest BCUT2D eigenvalue weighted by atomic mass is 35.5. The molecule has 6 nitrogen and oxygen atoms in total. The third-order valence-electron chi connectivity index (χ3n) is 2.84. The van der Waals surface area contributed by atoms with Gasteiger partial charge in [-0.2, -0.15) is 0 Å². The molecule has 136 valence electrons. The van der Waals surface area contributed by atoms with Crippen LogP contribution in [0, 0.1) is 0 Å². The van der Waals surface area contributed by atoms with Gasteiger partial charge < -0.3 is 20.3 Å². The van der Waals surface area contributed by atoms with E-state index in [-0.39, 0.29) is 0 Å². The fourth-order valence-electron chi connectivity index (χ4n) is 1.37. The molecule has 1 aromatic rings. The molecule has 1 aromatic carbocycles. The summed E-state index contributed by atoms with van der Waals surface area (Å²) in [5.74, 6) is -2.67. The lowest BCUT2D eigenvalue weighted by molar-refractivity contribution is -0.159. The molecule has 1 rings (SSSR count). The molecule has 0 aliphatic rings. The number of hydrogen-bond acceptors (Lipinski definition) is 5. The van der Waals surface area contributed by atoms with Crippen molar-refractivity contribution in [2.45, 2.75) is 31.2 Å². The standard InChI is InChI=1S/C14H22ClNOS.C2H2O4/c1-3-12(2)16-8-9-17-10-11-18-14-6-4-13(15)5-7-14;3-1(4)2(5)6/h4-7,12,16H,3,8-11H2,1-2H3;(H,3,4)(H,5,6). The molecular weight excluding hydrogens is 354 g/mol. The van der Waals surface area contributed by atoms with Crippen LogP contribution in [-0.4, -0.2) is 53.7 Å². The molecular formula is C16H24ClNO5S. The smallest absolute Gasteiger partial charge is 0.414 e. The zero-order chi connectivity index (χ0) is 18.4. The Bertz CT molecular complexity index is 472. The van der Waals surface area contributed by atoms with Crippen molar-refractivity contribution >= 4 is 35.3 Å². The molecule has 0 fully saturated rings. The first-order valence-electron chi connectivity index (χ1n) is 7.52. The maximum atomic E-state index is 9.10. The summed E-state index contributed by atoms with van der Waals surface area (Å²) in [6.45, 7) is 6.87. The maximum absolute atomic E-state index is 9.10. The number of hydrogen-bond donors (Lipinski definition) is 3. The third kappa shape index (κ3) is 13.2. The summed E-state index contributed by atoms with van der Waals surface area (Å²) in [5.41, 5.74) is 0. The van der Waals surface area contributed by atoms with E-state index in [0.29, 0.717) is 6.04 Å². The summed E-state index contributed by atoms with van der Waals surface area (Å²) in [7, 11) is 0. The average Bonchev–Trinajstić information content (AvgIpc) is 2.55. The molecule has 0 spiro atoms. The average molecular weight is 378 g/mol. The highest BCUT2D eigenvalue weighted by Crippen LogP contribution is 2.19. The van der Waals surface area contributed by atoms with Crippen LogP contribution < -0.4 is 5.32 Å². The number of carboxylic acid groups (broad SMARTS) is 2. The van der Waals surface area contributed by atoms with Gasteiger partial charge in [0, 0.05) is 28.3 Å². The van der Waals surface area contributed by atoms with Gasteiger partial charge in [-0.25, -0.2) is 9.59 Å². The van der Waals surface area contributed by atoms with E-state index in [1.807, 2.05) is 24.3 Å². The Kier molecular flexibility index (Phi) is 13.3. The Morgan fingerprint density at radius 1 is 1.21 bits per heavy atom. The SMILES string of the molecule is CCC(C)NCCOCCSc1ccc(Cl)cc1.O=C(O)C(=O)O. The third-order valence-corrected chi connectivity index (χ3v) is 4.07. The van der Waals surface area contributed by atoms with Crippen molar-refractivity contribution in [2.24, 2.45) is 0 Å². The number of ether oxygens (including phenoxy) is 1. The van der Waals surface area contributed by atoms with Crippen molar-refractivity contribution < 1.29 is 24.5 Å². The van der Waals surface area contributed by atoms with Crippen LogP contribution in [-0.2, 0) is 14.3 Å². The van der Waals surface area contributed by atoms with Crippen LogP contribution in [0.4, 0.5) is 0 Å². The van der Waals surface area contributed by atoms with Gasteiger partial charge in [0.25, 0.3) is 0 Å². The lowest BCUT2D eigenvalue weighted by Gasteiger charge is -2.11. The second-order valence-electron chi connectivity index (χ2n) is 4.79. The molecule has 0 aromatic heterocycles. The zero-order valence-electron chi connectivity index (χ0n) is 13.8. The second-order valence-corrected chi connectivity index (χ2v) is 6.39. The molecule has 3 N–H and O–H groups in total. The van der Waals surface area contributed by atoms with Crippen molar-refractivity contribution in [1.29, 1.82) is 0 Å². The van der Waals surface area contributed by atoms with E-state index in [4.69, 9.17) is 36.1 Å². The Balaban J connectivity index is 0.000000754. The number of thioether (sulfide) groups is 1. The molecule has 0 heterocycles. The number of carbonyl (C=O) groups is 2. The Labute approximate surface area is 151 Å². The molecule has 24 heavy (non-hydrogen) atoms. The van der Waals surface area contributed by atoms with E-state index in [9.17, 15) is 0 Å². The second kappa shape index (κ2) is 14.1. The lowest BCUT2D eigenvalue weighted by Crippen LogP contribution is -2.28. The highest BCUT2D eigenvalue weighted by Gasteiger charge is 2.04. The molecule has 0 radical (unpaired) electrons. The zero-order valence-corrected chi connectivity index (χ0v) is 15.4. The van der Waals surface area contributed by atoms with Crippen LogP contribution in [0.1, 0.15) is 20.3 Å². The monoisotopic (exact) mass is 377 g/mol. The number of halogens is 1. The molecule has 0 aliphatic carbocycles. The minimum atomic E-state index is -1.82. The Hall–Kier alpha value is -1.28. The van der Waals surface area contributed by atoms with Gasteiger partial charge >= 0.3 is 11.9 Å². The van der Waals surface area contributed by atoms with Crippen LogP contribution in [0.5, 0.6) is 0 Å². The van der Waals surface area contributed by atoms with Gasteiger partial charge in [0.15, 0.2) is 0 Å². The first-order chi connectivity index (χ1) is 11.4. The number of aliphatic carboxylic acids is 2. The van der Waals surface area contributed by atoms with E-state index in [0.717, 1.165) is 37.0 Å². The van der Waals surface area contributed by atoms with Crippen LogP contribution in [0.3, 0.4) is 0 Å². The fraction of sp³-hybridized carbons (Fsp3) is 0.500. The van der Waals surface area contributed by atoms with Crippen LogP contribution in [0.2, 0.25) is 5.02 Å². The number of nitrogens with one attached hydrogen (secondary N) is 1. The van der Waals surface area contributed by atoms with Gasteiger partial charge in [0.1, 0.15) is 0 Å². The van der Waals surface area contributed by atoms with E-state index >= 15 is 0 Å². The Morgan fingerprint density at radius 2 is 1.79 bits per heavy atom. The van der Waals surface area contributed by atoms with Crippen LogP contribution in [0.25, 0.3) is 0 Å². The predicted octanol–water partition coefficient (Wildman–Crippen LogP) is 2.99. The van der Waals surface area contributed by atoms with Gasteiger partial charge in [0.05, 0.1) is 13.2 Å². The molecule has 0 saturated heterocycles.